The fraction of sp³-hybridized carbons (Fsp3) is 0.0952. The van der Waals surface area contributed by atoms with Gasteiger partial charge in [0.05, 0.1) is 11.3 Å². The number of benzene rings is 2. The molecular weight excluding hydrogens is 358 g/mol. The van der Waals surface area contributed by atoms with Crippen molar-refractivity contribution in [1.82, 2.24) is 9.97 Å². The molecule has 2 aromatic heterocycles. The van der Waals surface area contributed by atoms with Crippen LogP contribution in [0, 0.1) is 13.8 Å². The molecule has 5 nitrogen and oxygen atoms in total. The third-order valence-corrected chi connectivity index (χ3v) is 5.28. The Morgan fingerprint density at radius 1 is 1.07 bits per heavy atom. The van der Waals surface area contributed by atoms with Crippen molar-refractivity contribution in [3.8, 4) is 11.3 Å². The van der Waals surface area contributed by atoms with Gasteiger partial charge in [0.25, 0.3) is 5.91 Å². The van der Waals surface area contributed by atoms with E-state index >= 15 is 0 Å². The van der Waals surface area contributed by atoms with E-state index in [-0.39, 0.29) is 11.5 Å². The molecule has 0 unspecified atom stereocenters. The number of fused-ring (bicyclic) bond motifs is 1. The van der Waals surface area contributed by atoms with Gasteiger partial charge in [-0.1, -0.05) is 30.3 Å². The van der Waals surface area contributed by atoms with Crippen LogP contribution < -0.4 is 10.9 Å². The molecule has 2 N–H and O–H groups in total. The maximum Gasteiger partial charge on any atom is 0.258 e. The molecular formula is C21H17N3O2S. The van der Waals surface area contributed by atoms with Crippen molar-refractivity contribution >= 4 is 33.3 Å². The predicted octanol–water partition coefficient (Wildman–Crippen LogP) is 4.52. The molecule has 0 saturated carbocycles. The molecule has 1 amide bonds. The SMILES string of the molecule is Cc1ccc(-c2csc(NC(=O)c3cc(=O)[nH]c4ccccc34)n2)cc1C. The van der Waals surface area contributed by atoms with Gasteiger partial charge in [0.2, 0.25) is 5.56 Å². The van der Waals surface area contributed by atoms with E-state index in [1.807, 2.05) is 29.6 Å². The van der Waals surface area contributed by atoms with Crippen molar-refractivity contribution in [2.75, 3.05) is 5.32 Å². The number of nitrogens with one attached hydrogen (secondary N) is 2. The number of carbonyl (C=O) groups excluding carboxylic acids is 1. The number of thiazole rings is 1. The summed E-state index contributed by atoms with van der Waals surface area (Å²) in [7, 11) is 0. The van der Waals surface area contributed by atoms with Crippen molar-refractivity contribution in [1.29, 1.82) is 0 Å². The molecule has 0 fully saturated rings. The number of carbonyl (C=O) groups is 1. The Kier molecular flexibility index (Phi) is 4.33. The molecule has 4 rings (SSSR count). The summed E-state index contributed by atoms with van der Waals surface area (Å²) >= 11 is 1.36. The Balaban J connectivity index is 1.64. The number of H-pyrrole nitrogens is 1. The van der Waals surface area contributed by atoms with E-state index in [0.29, 0.717) is 21.6 Å². The second-order valence-electron chi connectivity index (χ2n) is 6.38. The fourth-order valence-corrected chi connectivity index (χ4v) is 3.64. The van der Waals surface area contributed by atoms with Gasteiger partial charge in [-0.2, -0.15) is 0 Å². The number of rotatable bonds is 3. The van der Waals surface area contributed by atoms with E-state index in [9.17, 15) is 9.59 Å². The summed E-state index contributed by atoms with van der Waals surface area (Å²) < 4.78 is 0. The molecule has 0 saturated heterocycles. The monoisotopic (exact) mass is 375 g/mol. The summed E-state index contributed by atoms with van der Waals surface area (Å²) in [5, 5.41) is 5.91. The lowest BCUT2D eigenvalue weighted by Gasteiger charge is -2.06. The predicted molar refractivity (Wildman–Crippen MR) is 110 cm³/mol. The first-order valence-corrected chi connectivity index (χ1v) is 9.36. The van der Waals surface area contributed by atoms with E-state index in [4.69, 9.17) is 0 Å². The summed E-state index contributed by atoms with van der Waals surface area (Å²) in [6.45, 7) is 4.13. The molecule has 6 heteroatoms. The van der Waals surface area contributed by atoms with Crippen LogP contribution in [0.2, 0.25) is 0 Å². The molecule has 0 bridgehead atoms. The van der Waals surface area contributed by atoms with Crippen molar-refractivity contribution < 1.29 is 4.79 Å². The van der Waals surface area contributed by atoms with Gasteiger partial charge in [-0.05, 0) is 37.1 Å². The number of aromatic nitrogens is 2. The summed E-state index contributed by atoms with van der Waals surface area (Å²) in [5.74, 6) is -0.349. The molecule has 0 aliphatic rings. The van der Waals surface area contributed by atoms with Crippen LogP contribution in [0.25, 0.3) is 22.2 Å². The highest BCUT2D eigenvalue weighted by molar-refractivity contribution is 7.14. The molecule has 0 spiro atoms. The van der Waals surface area contributed by atoms with Crippen LogP contribution in [-0.2, 0) is 0 Å². The average Bonchev–Trinajstić information content (AvgIpc) is 3.11. The molecule has 2 aromatic carbocycles. The summed E-state index contributed by atoms with van der Waals surface area (Å²) in [5.41, 5.74) is 4.89. The van der Waals surface area contributed by atoms with Gasteiger partial charge in [0, 0.05) is 27.9 Å². The molecule has 134 valence electrons. The topological polar surface area (TPSA) is 74.8 Å². The number of nitrogens with zero attached hydrogens (tertiary/aromatic N) is 1. The molecule has 27 heavy (non-hydrogen) atoms. The maximum atomic E-state index is 12.7. The van der Waals surface area contributed by atoms with Crippen LogP contribution in [0.4, 0.5) is 5.13 Å². The van der Waals surface area contributed by atoms with Crippen LogP contribution in [-0.4, -0.2) is 15.9 Å². The van der Waals surface area contributed by atoms with Gasteiger partial charge in [-0.3, -0.25) is 14.9 Å². The van der Waals surface area contributed by atoms with Gasteiger partial charge in [0.1, 0.15) is 0 Å². The van der Waals surface area contributed by atoms with Crippen LogP contribution in [0.5, 0.6) is 0 Å². The third-order valence-electron chi connectivity index (χ3n) is 4.52. The first-order chi connectivity index (χ1) is 13.0. The van der Waals surface area contributed by atoms with E-state index in [1.165, 1.54) is 28.5 Å². The van der Waals surface area contributed by atoms with E-state index in [2.05, 4.69) is 41.3 Å². The third kappa shape index (κ3) is 3.39. The summed E-state index contributed by atoms with van der Waals surface area (Å²) in [6, 6.07) is 14.7. The second-order valence-corrected chi connectivity index (χ2v) is 7.24. The Bertz CT molecular complexity index is 1220. The van der Waals surface area contributed by atoms with Crippen LogP contribution in [0.1, 0.15) is 21.5 Å². The number of aromatic amines is 1. The molecule has 0 aliphatic heterocycles. The Hall–Kier alpha value is -3.25. The first-order valence-electron chi connectivity index (χ1n) is 8.48. The maximum absolute atomic E-state index is 12.7. The molecule has 0 radical (unpaired) electrons. The number of hydrogen-bond donors (Lipinski definition) is 2. The van der Waals surface area contributed by atoms with E-state index in [1.54, 1.807) is 6.07 Å². The van der Waals surface area contributed by atoms with Gasteiger partial charge in [-0.15, -0.1) is 11.3 Å². The highest BCUT2D eigenvalue weighted by Gasteiger charge is 2.14. The Morgan fingerprint density at radius 2 is 1.89 bits per heavy atom. The lowest BCUT2D eigenvalue weighted by molar-refractivity contribution is 0.102. The average molecular weight is 375 g/mol. The number of para-hydroxylation sites is 1. The van der Waals surface area contributed by atoms with E-state index in [0.717, 1.165) is 11.3 Å². The normalized spacial score (nSPS) is 10.9. The highest BCUT2D eigenvalue weighted by atomic mass is 32.1. The lowest BCUT2D eigenvalue weighted by atomic mass is 10.1. The van der Waals surface area contributed by atoms with Crippen LogP contribution in [0.15, 0.2) is 58.7 Å². The van der Waals surface area contributed by atoms with Crippen LogP contribution >= 0.6 is 11.3 Å². The summed E-state index contributed by atoms with van der Waals surface area (Å²) in [6.07, 6.45) is 0. The minimum Gasteiger partial charge on any atom is -0.322 e. The zero-order chi connectivity index (χ0) is 19.0. The van der Waals surface area contributed by atoms with Crippen LogP contribution in [0.3, 0.4) is 0 Å². The minimum atomic E-state index is -0.349. The van der Waals surface area contributed by atoms with Crippen molar-refractivity contribution in [2.24, 2.45) is 0 Å². The fourth-order valence-electron chi connectivity index (χ4n) is 2.92. The molecule has 0 atom stereocenters. The number of aryl methyl sites for hydroxylation is 2. The molecule has 2 heterocycles. The number of amides is 1. The van der Waals surface area contributed by atoms with Gasteiger partial charge < -0.3 is 4.98 Å². The zero-order valence-corrected chi connectivity index (χ0v) is 15.7. The quantitative estimate of drug-likeness (QED) is 0.553. The Morgan fingerprint density at radius 3 is 2.70 bits per heavy atom. The molecule has 4 aromatic rings. The van der Waals surface area contributed by atoms with Gasteiger partial charge in [0.15, 0.2) is 5.13 Å². The summed E-state index contributed by atoms with van der Waals surface area (Å²) in [4.78, 5) is 31.8. The second kappa shape index (κ2) is 6.81. The largest absolute Gasteiger partial charge is 0.322 e. The number of hydrogen-bond acceptors (Lipinski definition) is 4. The standard InChI is InChI=1S/C21H17N3O2S/c1-12-7-8-14(9-13(12)2)18-11-27-21(23-18)24-20(26)16-10-19(25)22-17-6-4-3-5-15(16)17/h3-11H,1-2H3,(H,22,25)(H,23,24,26). The lowest BCUT2D eigenvalue weighted by Crippen LogP contribution is -2.16. The van der Waals surface area contributed by atoms with E-state index < -0.39 is 0 Å². The smallest absolute Gasteiger partial charge is 0.258 e. The van der Waals surface area contributed by atoms with Crippen molar-refractivity contribution in [3.05, 3.63) is 81.0 Å². The minimum absolute atomic E-state index is 0.311. The van der Waals surface area contributed by atoms with Gasteiger partial charge >= 0.3 is 0 Å². The van der Waals surface area contributed by atoms with Crippen molar-refractivity contribution in [3.63, 3.8) is 0 Å². The zero-order valence-electron chi connectivity index (χ0n) is 14.9. The van der Waals surface area contributed by atoms with Crippen molar-refractivity contribution in [2.45, 2.75) is 13.8 Å². The number of anilines is 1. The number of pyridine rings is 1. The first kappa shape index (κ1) is 17.2. The van der Waals surface area contributed by atoms with Gasteiger partial charge in [-0.25, -0.2) is 4.98 Å². The highest BCUT2D eigenvalue weighted by Crippen LogP contribution is 2.27. The Labute approximate surface area is 159 Å². The molecule has 0 aliphatic carbocycles.